The maximum Gasteiger partial charge on any atom is 0.258 e. The van der Waals surface area contributed by atoms with Gasteiger partial charge in [0.15, 0.2) is 0 Å². The topological polar surface area (TPSA) is 23.6 Å². The van der Waals surface area contributed by atoms with Gasteiger partial charge in [-0.15, -0.1) is 0 Å². The molecule has 3 nitrogen and oxygen atoms in total. The Morgan fingerprint density at radius 3 is 2.46 bits per heavy atom. The number of rotatable bonds is 2. The minimum atomic E-state index is -0.0393. The van der Waals surface area contributed by atoms with E-state index in [0.717, 1.165) is 29.8 Å². The highest BCUT2D eigenvalue weighted by Crippen LogP contribution is 2.42. The fourth-order valence-electron chi connectivity index (χ4n) is 4.24. The van der Waals surface area contributed by atoms with E-state index in [1.165, 1.54) is 11.1 Å². The first-order valence-electron chi connectivity index (χ1n) is 9.11. The molecule has 0 radical (unpaired) electrons. The van der Waals surface area contributed by atoms with Gasteiger partial charge < -0.3 is 9.80 Å². The van der Waals surface area contributed by atoms with Crippen LogP contribution in [0.2, 0.25) is 0 Å². The van der Waals surface area contributed by atoms with Crippen molar-refractivity contribution in [1.29, 1.82) is 0 Å². The van der Waals surface area contributed by atoms with Crippen molar-refractivity contribution in [1.82, 2.24) is 4.90 Å². The molecule has 0 aliphatic carbocycles. The molecule has 128 valence electrons. The van der Waals surface area contributed by atoms with Crippen LogP contribution in [0.15, 0.2) is 78.9 Å². The van der Waals surface area contributed by atoms with Gasteiger partial charge >= 0.3 is 0 Å². The molecule has 0 saturated carbocycles. The van der Waals surface area contributed by atoms with Crippen LogP contribution in [-0.2, 0) is 13.0 Å². The fraction of sp³-hybridized carbons (Fsp3) is 0.174. The first-order valence-corrected chi connectivity index (χ1v) is 9.11. The van der Waals surface area contributed by atoms with Crippen LogP contribution in [0.3, 0.4) is 0 Å². The summed E-state index contributed by atoms with van der Waals surface area (Å²) in [6.07, 6.45) is 0.969. The highest BCUT2D eigenvalue weighted by Gasteiger charge is 2.40. The predicted octanol–water partition coefficient (Wildman–Crippen LogP) is 4.40. The zero-order valence-electron chi connectivity index (χ0n) is 14.5. The Hall–Kier alpha value is -3.07. The van der Waals surface area contributed by atoms with E-state index in [1.54, 1.807) is 0 Å². The van der Waals surface area contributed by atoms with Gasteiger partial charge in [0, 0.05) is 13.1 Å². The highest BCUT2D eigenvalue weighted by atomic mass is 16.2. The van der Waals surface area contributed by atoms with Crippen molar-refractivity contribution in [2.24, 2.45) is 0 Å². The third kappa shape index (κ3) is 2.31. The fourth-order valence-corrected chi connectivity index (χ4v) is 4.24. The number of anilines is 1. The number of benzene rings is 3. The van der Waals surface area contributed by atoms with Crippen molar-refractivity contribution >= 4 is 11.6 Å². The molecule has 3 heteroatoms. The molecule has 0 fully saturated rings. The standard InChI is InChI=1S/C23H20N2O/c26-23-20-12-6-7-13-21(20)24-15-14-18-10-4-5-11-19(18)22(24)25(23)16-17-8-2-1-3-9-17/h1-13,22H,14-16H2/t22-/m1/s1. The number of para-hydroxylation sites is 1. The van der Waals surface area contributed by atoms with Crippen LogP contribution in [0, 0.1) is 0 Å². The average Bonchev–Trinajstić information content (AvgIpc) is 2.71. The summed E-state index contributed by atoms with van der Waals surface area (Å²) in [6.45, 7) is 1.54. The van der Waals surface area contributed by atoms with Gasteiger partial charge in [0.25, 0.3) is 5.91 Å². The molecule has 5 rings (SSSR count). The van der Waals surface area contributed by atoms with Gasteiger partial charge in [-0.25, -0.2) is 0 Å². The van der Waals surface area contributed by atoms with Gasteiger partial charge in [-0.3, -0.25) is 4.79 Å². The lowest BCUT2D eigenvalue weighted by atomic mass is 9.91. The average molecular weight is 340 g/mol. The Bertz CT molecular complexity index is 967. The molecule has 0 N–H and O–H groups in total. The zero-order chi connectivity index (χ0) is 17.5. The van der Waals surface area contributed by atoms with Crippen LogP contribution in [0.1, 0.15) is 33.2 Å². The molecule has 0 aromatic heterocycles. The number of nitrogens with zero attached hydrogens (tertiary/aromatic N) is 2. The molecule has 0 spiro atoms. The summed E-state index contributed by atoms with van der Waals surface area (Å²) in [4.78, 5) is 17.8. The molecular weight excluding hydrogens is 320 g/mol. The third-order valence-electron chi connectivity index (χ3n) is 5.45. The van der Waals surface area contributed by atoms with Crippen molar-refractivity contribution in [2.45, 2.75) is 19.1 Å². The van der Waals surface area contributed by atoms with Crippen LogP contribution in [0.25, 0.3) is 0 Å². The summed E-state index contributed by atoms with van der Waals surface area (Å²) in [5.74, 6) is 0.113. The first kappa shape index (κ1) is 15.2. The minimum Gasteiger partial charge on any atom is -0.346 e. The van der Waals surface area contributed by atoms with Crippen LogP contribution in [0.4, 0.5) is 5.69 Å². The molecule has 3 aromatic carbocycles. The second-order valence-corrected chi connectivity index (χ2v) is 6.95. The number of carbonyl (C=O) groups is 1. The number of fused-ring (bicyclic) bond motifs is 5. The quantitative estimate of drug-likeness (QED) is 0.690. The molecule has 0 saturated heterocycles. The Morgan fingerprint density at radius 1 is 0.846 bits per heavy atom. The van der Waals surface area contributed by atoms with E-state index in [9.17, 15) is 4.79 Å². The van der Waals surface area contributed by atoms with Crippen LogP contribution in [-0.4, -0.2) is 17.4 Å². The lowest BCUT2D eigenvalue weighted by Crippen LogP contribution is -2.51. The number of amides is 1. The van der Waals surface area contributed by atoms with E-state index >= 15 is 0 Å². The Morgan fingerprint density at radius 2 is 1.58 bits per heavy atom. The van der Waals surface area contributed by atoms with Gasteiger partial charge in [0.05, 0.1) is 11.3 Å². The van der Waals surface area contributed by atoms with Crippen molar-refractivity contribution in [2.75, 3.05) is 11.4 Å². The molecule has 2 aliphatic rings. The van der Waals surface area contributed by atoms with Gasteiger partial charge in [0.1, 0.15) is 6.17 Å². The van der Waals surface area contributed by atoms with Gasteiger partial charge in [-0.1, -0.05) is 66.7 Å². The smallest absolute Gasteiger partial charge is 0.258 e. The molecular formula is C23H20N2O. The number of hydrogen-bond acceptors (Lipinski definition) is 2. The number of hydrogen-bond donors (Lipinski definition) is 0. The van der Waals surface area contributed by atoms with Gasteiger partial charge in [-0.05, 0) is 35.2 Å². The van der Waals surface area contributed by atoms with E-state index in [0.29, 0.717) is 6.54 Å². The summed E-state index contributed by atoms with van der Waals surface area (Å²) < 4.78 is 0. The van der Waals surface area contributed by atoms with E-state index in [4.69, 9.17) is 0 Å². The minimum absolute atomic E-state index is 0.0393. The van der Waals surface area contributed by atoms with E-state index < -0.39 is 0 Å². The van der Waals surface area contributed by atoms with Crippen molar-refractivity contribution in [3.63, 3.8) is 0 Å². The first-order chi connectivity index (χ1) is 12.8. The predicted molar refractivity (Wildman–Crippen MR) is 103 cm³/mol. The maximum absolute atomic E-state index is 13.4. The lowest BCUT2D eigenvalue weighted by molar-refractivity contribution is 0.0622. The molecule has 3 aromatic rings. The van der Waals surface area contributed by atoms with Crippen molar-refractivity contribution in [3.05, 3.63) is 101 Å². The van der Waals surface area contributed by atoms with Gasteiger partial charge in [-0.2, -0.15) is 0 Å². The molecule has 0 bridgehead atoms. The second-order valence-electron chi connectivity index (χ2n) is 6.95. The molecule has 2 aliphatic heterocycles. The number of carbonyl (C=O) groups excluding carboxylic acids is 1. The molecule has 0 unspecified atom stereocenters. The summed E-state index contributed by atoms with van der Waals surface area (Å²) >= 11 is 0. The van der Waals surface area contributed by atoms with E-state index in [1.807, 2.05) is 41.3 Å². The SMILES string of the molecule is O=C1c2ccccc2N2CCc3ccccc3[C@H]2N1Cc1ccccc1. The normalized spacial score (nSPS) is 18.2. The molecule has 1 atom stereocenters. The maximum atomic E-state index is 13.4. The highest BCUT2D eigenvalue weighted by molar-refractivity contribution is 6.02. The van der Waals surface area contributed by atoms with Gasteiger partial charge in [0.2, 0.25) is 0 Å². The Balaban J connectivity index is 1.66. The van der Waals surface area contributed by atoms with Crippen LogP contribution < -0.4 is 4.90 Å². The molecule has 2 heterocycles. The summed E-state index contributed by atoms with van der Waals surface area (Å²) in [7, 11) is 0. The monoisotopic (exact) mass is 340 g/mol. The van der Waals surface area contributed by atoms with Crippen LogP contribution >= 0.6 is 0 Å². The summed E-state index contributed by atoms with van der Waals surface area (Å²) in [5, 5.41) is 0. The largest absolute Gasteiger partial charge is 0.346 e. The van der Waals surface area contributed by atoms with E-state index in [-0.39, 0.29) is 12.1 Å². The van der Waals surface area contributed by atoms with E-state index in [2.05, 4.69) is 47.4 Å². The summed E-state index contributed by atoms with van der Waals surface area (Å²) in [5.41, 5.74) is 5.61. The van der Waals surface area contributed by atoms with Crippen molar-refractivity contribution in [3.8, 4) is 0 Å². The zero-order valence-corrected chi connectivity index (χ0v) is 14.5. The Kier molecular flexibility index (Phi) is 3.52. The molecule has 1 amide bonds. The Labute approximate surface area is 153 Å². The lowest BCUT2D eigenvalue weighted by Gasteiger charge is -2.48. The van der Waals surface area contributed by atoms with Crippen LogP contribution in [0.5, 0.6) is 0 Å². The molecule has 26 heavy (non-hydrogen) atoms. The van der Waals surface area contributed by atoms with Crippen molar-refractivity contribution < 1.29 is 4.79 Å². The second kappa shape index (κ2) is 6.03. The third-order valence-corrected chi connectivity index (χ3v) is 5.45. The summed E-state index contributed by atoms with van der Waals surface area (Å²) in [6, 6.07) is 26.8.